The zero-order valence-corrected chi connectivity index (χ0v) is 13.5. The maximum atomic E-state index is 11.0. The molecule has 1 aliphatic carbocycles. The van der Waals surface area contributed by atoms with E-state index in [9.17, 15) is 4.79 Å². The van der Waals surface area contributed by atoms with E-state index in [-0.39, 0.29) is 5.92 Å². The van der Waals surface area contributed by atoms with Gasteiger partial charge in [0.15, 0.2) is 0 Å². The van der Waals surface area contributed by atoms with Crippen molar-refractivity contribution in [3.63, 3.8) is 0 Å². The van der Waals surface area contributed by atoms with Gasteiger partial charge < -0.3 is 9.84 Å². The number of benzene rings is 1. The number of hydrogen-bond acceptors (Lipinski definition) is 2. The number of hydrogen-bond donors (Lipinski definition) is 1. The van der Waals surface area contributed by atoms with Crippen LogP contribution in [0.4, 0.5) is 0 Å². The van der Waals surface area contributed by atoms with Gasteiger partial charge in [-0.15, -0.1) is 0 Å². The Kier molecular flexibility index (Phi) is 4.92. The van der Waals surface area contributed by atoms with Gasteiger partial charge in [-0.3, -0.25) is 4.79 Å². The molecule has 1 aromatic carbocycles. The Bertz CT molecular complexity index is 498. The Labute approximate surface area is 127 Å². The second-order valence-electron chi connectivity index (χ2n) is 6.41. The van der Waals surface area contributed by atoms with Gasteiger partial charge in [-0.05, 0) is 73.8 Å². The van der Waals surface area contributed by atoms with Crippen molar-refractivity contribution in [1.82, 2.24) is 0 Å². The van der Waals surface area contributed by atoms with Crippen LogP contribution in [0.25, 0.3) is 0 Å². The summed E-state index contributed by atoms with van der Waals surface area (Å²) in [6.45, 7) is 9.26. The summed E-state index contributed by atoms with van der Waals surface area (Å²) >= 11 is 0. The van der Waals surface area contributed by atoms with E-state index < -0.39 is 5.97 Å². The van der Waals surface area contributed by atoms with Gasteiger partial charge in [0, 0.05) is 0 Å². The van der Waals surface area contributed by atoms with Crippen LogP contribution in [0.2, 0.25) is 0 Å². The van der Waals surface area contributed by atoms with Crippen LogP contribution in [-0.2, 0) is 11.2 Å². The van der Waals surface area contributed by atoms with Gasteiger partial charge >= 0.3 is 5.97 Å². The molecule has 116 valence electrons. The Morgan fingerprint density at radius 2 is 2.00 bits per heavy atom. The third kappa shape index (κ3) is 3.78. The van der Waals surface area contributed by atoms with Crippen molar-refractivity contribution in [1.29, 1.82) is 0 Å². The predicted molar refractivity (Wildman–Crippen MR) is 83.8 cm³/mol. The first-order valence-corrected chi connectivity index (χ1v) is 7.89. The minimum atomic E-state index is -0.636. The summed E-state index contributed by atoms with van der Waals surface area (Å²) in [5, 5.41) is 9.05. The van der Waals surface area contributed by atoms with E-state index in [2.05, 4.69) is 39.8 Å². The van der Waals surface area contributed by atoms with Crippen LogP contribution in [0.1, 0.15) is 43.4 Å². The van der Waals surface area contributed by atoms with Crippen molar-refractivity contribution >= 4 is 5.97 Å². The summed E-state index contributed by atoms with van der Waals surface area (Å²) in [5.41, 5.74) is 3.85. The largest absolute Gasteiger partial charge is 0.494 e. The molecule has 0 aromatic heterocycles. The summed E-state index contributed by atoms with van der Waals surface area (Å²) in [4.78, 5) is 11.0. The van der Waals surface area contributed by atoms with E-state index in [4.69, 9.17) is 9.84 Å². The molecular weight excluding hydrogens is 264 g/mol. The summed E-state index contributed by atoms with van der Waals surface area (Å²) in [7, 11) is 0. The quantitative estimate of drug-likeness (QED) is 0.826. The number of carboxylic acid groups (broad SMARTS) is 1. The van der Waals surface area contributed by atoms with Gasteiger partial charge in [-0.1, -0.05) is 13.8 Å². The van der Waals surface area contributed by atoms with Gasteiger partial charge in [0.1, 0.15) is 5.75 Å². The van der Waals surface area contributed by atoms with Crippen LogP contribution in [-0.4, -0.2) is 17.7 Å². The summed E-state index contributed by atoms with van der Waals surface area (Å²) in [6, 6.07) is 4.21. The summed E-state index contributed by atoms with van der Waals surface area (Å²) < 4.78 is 5.71. The van der Waals surface area contributed by atoms with Crippen molar-refractivity contribution in [2.45, 2.75) is 47.0 Å². The van der Waals surface area contributed by atoms with Gasteiger partial charge in [0.25, 0.3) is 0 Å². The topological polar surface area (TPSA) is 46.5 Å². The third-order valence-corrected chi connectivity index (χ3v) is 4.56. The van der Waals surface area contributed by atoms with Crippen molar-refractivity contribution in [3.8, 4) is 5.75 Å². The lowest BCUT2D eigenvalue weighted by molar-refractivity contribution is -0.139. The molecule has 0 saturated heterocycles. The van der Waals surface area contributed by atoms with Gasteiger partial charge in [0.05, 0.1) is 12.5 Å². The average Bonchev–Trinajstić information content (AvgIpc) is 3.20. The minimum absolute atomic E-state index is 0.118. The second-order valence-corrected chi connectivity index (χ2v) is 6.41. The van der Waals surface area contributed by atoms with Crippen LogP contribution >= 0.6 is 0 Å². The molecule has 3 unspecified atom stereocenters. The van der Waals surface area contributed by atoms with E-state index in [0.717, 1.165) is 31.6 Å². The van der Waals surface area contributed by atoms with Crippen LogP contribution in [0.5, 0.6) is 5.75 Å². The molecule has 1 aliphatic rings. The fraction of sp³-hybridized carbons (Fsp3) is 0.611. The SMILES string of the molecule is CCCOc1cc(C)c(CC(C)C2CC2C(=O)O)c(C)c1. The van der Waals surface area contributed by atoms with Crippen LogP contribution in [0.3, 0.4) is 0 Å². The molecule has 1 aromatic rings. The van der Waals surface area contributed by atoms with Gasteiger partial charge in [-0.2, -0.15) is 0 Å². The fourth-order valence-corrected chi connectivity index (χ4v) is 3.18. The number of aliphatic carboxylic acids is 1. The lowest BCUT2D eigenvalue weighted by atomic mass is 9.90. The van der Waals surface area contributed by atoms with Gasteiger partial charge in [0.2, 0.25) is 0 Å². The first-order chi connectivity index (χ1) is 9.93. The maximum absolute atomic E-state index is 11.0. The summed E-state index contributed by atoms with van der Waals surface area (Å²) in [5.74, 6) is 0.956. The maximum Gasteiger partial charge on any atom is 0.306 e. The van der Waals surface area contributed by atoms with Crippen LogP contribution in [0.15, 0.2) is 12.1 Å². The second kappa shape index (κ2) is 6.50. The molecule has 0 spiro atoms. The van der Waals surface area contributed by atoms with E-state index in [1.807, 2.05) is 0 Å². The first kappa shape index (κ1) is 15.9. The molecule has 0 amide bonds. The zero-order chi connectivity index (χ0) is 15.6. The van der Waals surface area contributed by atoms with Crippen molar-refractivity contribution in [3.05, 3.63) is 28.8 Å². The number of carbonyl (C=O) groups is 1. The first-order valence-electron chi connectivity index (χ1n) is 7.89. The molecule has 2 rings (SSSR count). The molecule has 0 aliphatic heterocycles. The molecule has 1 fully saturated rings. The van der Waals surface area contributed by atoms with E-state index in [0.29, 0.717) is 11.8 Å². The van der Waals surface area contributed by atoms with E-state index >= 15 is 0 Å². The number of carboxylic acids is 1. The monoisotopic (exact) mass is 290 g/mol. The standard InChI is InChI=1S/C18H26O3/c1-5-6-21-14-7-11(2)15(12(3)8-14)9-13(4)16-10-17(16)18(19)20/h7-8,13,16-17H,5-6,9-10H2,1-4H3,(H,19,20). The van der Waals surface area contributed by atoms with Crippen molar-refractivity contribution in [2.24, 2.45) is 17.8 Å². The number of ether oxygens (including phenoxy) is 1. The highest BCUT2D eigenvalue weighted by atomic mass is 16.5. The number of aryl methyl sites for hydroxylation is 2. The molecule has 1 N–H and O–H groups in total. The molecule has 0 radical (unpaired) electrons. The third-order valence-electron chi connectivity index (χ3n) is 4.56. The lowest BCUT2D eigenvalue weighted by Gasteiger charge is -2.17. The highest BCUT2D eigenvalue weighted by Crippen LogP contribution is 2.45. The molecule has 0 heterocycles. The Balaban J connectivity index is 2.05. The lowest BCUT2D eigenvalue weighted by Crippen LogP contribution is -2.10. The fourth-order valence-electron chi connectivity index (χ4n) is 3.18. The smallest absolute Gasteiger partial charge is 0.306 e. The van der Waals surface area contributed by atoms with Gasteiger partial charge in [-0.25, -0.2) is 0 Å². The molecule has 1 saturated carbocycles. The molecular formula is C18H26O3. The zero-order valence-electron chi connectivity index (χ0n) is 13.5. The molecule has 21 heavy (non-hydrogen) atoms. The average molecular weight is 290 g/mol. The summed E-state index contributed by atoms with van der Waals surface area (Å²) in [6.07, 6.45) is 2.81. The highest BCUT2D eigenvalue weighted by Gasteiger charge is 2.46. The molecule has 3 heteroatoms. The highest BCUT2D eigenvalue weighted by molar-refractivity contribution is 5.73. The molecule has 3 nitrogen and oxygen atoms in total. The van der Waals surface area contributed by atoms with Crippen LogP contribution < -0.4 is 4.74 Å². The normalized spacial score (nSPS) is 21.9. The van der Waals surface area contributed by atoms with Crippen molar-refractivity contribution < 1.29 is 14.6 Å². The Morgan fingerprint density at radius 1 is 1.38 bits per heavy atom. The van der Waals surface area contributed by atoms with Crippen molar-refractivity contribution in [2.75, 3.05) is 6.61 Å². The van der Waals surface area contributed by atoms with E-state index in [1.165, 1.54) is 16.7 Å². The Morgan fingerprint density at radius 3 is 2.48 bits per heavy atom. The Hall–Kier alpha value is -1.51. The molecule has 3 atom stereocenters. The minimum Gasteiger partial charge on any atom is -0.494 e. The predicted octanol–water partition coefficient (Wildman–Crippen LogP) is 3.99. The molecule has 0 bridgehead atoms. The van der Waals surface area contributed by atoms with E-state index in [1.54, 1.807) is 0 Å². The van der Waals surface area contributed by atoms with Crippen LogP contribution in [0, 0.1) is 31.6 Å². The number of rotatable bonds is 7.